The summed E-state index contributed by atoms with van der Waals surface area (Å²) in [5, 5.41) is 4.77. The fourth-order valence-electron chi connectivity index (χ4n) is 2.94. The van der Waals surface area contributed by atoms with Crippen LogP contribution in [0.5, 0.6) is 11.5 Å². The molecule has 2 aromatic carbocycles. The third-order valence-corrected chi connectivity index (χ3v) is 6.82. The first kappa shape index (κ1) is 22.6. The summed E-state index contributed by atoms with van der Waals surface area (Å²) in [5.41, 5.74) is 0.767. The molecule has 31 heavy (non-hydrogen) atoms. The van der Waals surface area contributed by atoms with Gasteiger partial charge in [-0.3, -0.25) is 9.52 Å². The molecule has 7 nitrogen and oxygen atoms in total. The van der Waals surface area contributed by atoms with Crippen LogP contribution in [0.4, 0.5) is 11.4 Å². The summed E-state index contributed by atoms with van der Waals surface area (Å²) in [4.78, 5) is 13.5. The summed E-state index contributed by atoms with van der Waals surface area (Å²) < 4.78 is 38.7. The van der Waals surface area contributed by atoms with Crippen molar-refractivity contribution in [1.82, 2.24) is 0 Å². The molecule has 2 N–H and O–H groups in total. The van der Waals surface area contributed by atoms with E-state index in [0.717, 1.165) is 6.42 Å². The van der Waals surface area contributed by atoms with Gasteiger partial charge in [0.15, 0.2) is 0 Å². The fourth-order valence-corrected chi connectivity index (χ4v) is 4.94. The van der Waals surface area contributed by atoms with E-state index in [1.165, 1.54) is 31.2 Å². The van der Waals surface area contributed by atoms with Crippen molar-refractivity contribution >= 4 is 38.6 Å². The number of amides is 1. The van der Waals surface area contributed by atoms with Gasteiger partial charge in [0.05, 0.1) is 14.2 Å². The summed E-state index contributed by atoms with van der Waals surface area (Å²) in [6, 6.07) is 15.1. The van der Waals surface area contributed by atoms with Crippen LogP contribution < -0.4 is 19.5 Å². The number of hydrogen-bond acceptors (Lipinski definition) is 6. The number of carbonyl (C=O) groups excluding carboxylic acids is 1. The zero-order valence-corrected chi connectivity index (χ0v) is 18.9. The Morgan fingerprint density at radius 3 is 2.39 bits per heavy atom. The van der Waals surface area contributed by atoms with E-state index < -0.39 is 10.0 Å². The van der Waals surface area contributed by atoms with Gasteiger partial charge < -0.3 is 14.8 Å². The maximum absolute atomic E-state index is 12.9. The molecular weight excluding hydrogens is 436 g/mol. The Morgan fingerprint density at radius 1 is 1.00 bits per heavy atom. The molecule has 0 bridgehead atoms. The molecule has 3 aromatic rings. The Labute approximate surface area is 186 Å². The van der Waals surface area contributed by atoms with Gasteiger partial charge in [-0.25, -0.2) is 8.42 Å². The highest BCUT2D eigenvalue weighted by atomic mass is 32.2. The minimum Gasteiger partial charge on any atom is -0.497 e. The number of anilines is 2. The van der Waals surface area contributed by atoms with Crippen LogP contribution in [0.2, 0.25) is 0 Å². The maximum atomic E-state index is 12.9. The van der Waals surface area contributed by atoms with E-state index in [2.05, 4.69) is 10.0 Å². The van der Waals surface area contributed by atoms with E-state index in [0.29, 0.717) is 30.0 Å². The fraction of sp³-hybridized carbons (Fsp3) is 0.227. The zero-order valence-electron chi connectivity index (χ0n) is 17.3. The topological polar surface area (TPSA) is 93.7 Å². The largest absolute Gasteiger partial charge is 0.497 e. The van der Waals surface area contributed by atoms with Gasteiger partial charge >= 0.3 is 0 Å². The zero-order chi connectivity index (χ0) is 22.3. The first-order valence-corrected chi connectivity index (χ1v) is 11.9. The molecule has 0 spiro atoms. The third-order valence-electron chi connectivity index (χ3n) is 4.49. The van der Waals surface area contributed by atoms with Crippen molar-refractivity contribution in [1.29, 1.82) is 0 Å². The lowest BCUT2D eigenvalue weighted by Gasteiger charge is -2.14. The van der Waals surface area contributed by atoms with Crippen molar-refractivity contribution in [3.63, 3.8) is 0 Å². The summed E-state index contributed by atoms with van der Waals surface area (Å²) in [7, 11) is -1.02. The molecule has 3 rings (SSSR count). The van der Waals surface area contributed by atoms with E-state index >= 15 is 0 Å². The van der Waals surface area contributed by atoms with E-state index in [1.807, 2.05) is 17.5 Å². The Morgan fingerprint density at radius 2 is 1.74 bits per heavy atom. The lowest BCUT2D eigenvalue weighted by molar-refractivity contribution is -0.116. The molecule has 0 saturated carbocycles. The first-order chi connectivity index (χ1) is 14.9. The van der Waals surface area contributed by atoms with Gasteiger partial charge in [0.25, 0.3) is 10.0 Å². The molecule has 0 fully saturated rings. The summed E-state index contributed by atoms with van der Waals surface area (Å²) in [5.74, 6) is 0.620. The number of rotatable bonds is 10. The summed E-state index contributed by atoms with van der Waals surface area (Å²) >= 11 is 1.66. The van der Waals surface area contributed by atoms with Gasteiger partial charge in [0.1, 0.15) is 16.4 Å². The van der Waals surface area contributed by atoms with Crippen molar-refractivity contribution in [3.05, 3.63) is 64.9 Å². The van der Waals surface area contributed by atoms with Gasteiger partial charge in [0, 0.05) is 22.7 Å². The number of hydrogen-bond donors (Lipinski definition) is 2. The second-order valence-electron chi connectivity index (χ2n) is 6.68. The van der Waals surface area contributed by atoms with E-state index in [1.54, 1.807) is 41.7 Å². The standard InChI is InChI=1S/C22H24N2O5S2/c1-28-18-11-8-16(9-12-18)24-31(26,27)21-15-17(10-13-20(21)29-2)23-22(25)7-3-5-19-6-4-14-30-19/h4,6,8-15,24H,3,5,7H2,1-2H3,(H,23,25). The minimum atomic E-state index is -3.95. The number of thiophene rings is 1. The molecule has 0 radical (unpaired) electrons. The quantitative estimate of drug-likeness (QED) is 0.464. The number of aryl methyl sites for hydroxylation is 1. The third kappa shape index (κ3) is 6.22. The molecule has 9 heteroatoms. The molecular formula is C22H24N2O5S2. The highest BCUT2D eigenvalue weighted by molar-refractivity contribution is 7.92. The maximum Gasteiger partial charge on any atom is 0.265 e. The van der Waals surface area contributed by atoms with Crippen LogP contribution in [-0.2, 0) is 21.2 Å². The van der Waals surface area contributed by atoms with Gasteiger partial charge in [-0.15, -0.1) is 11.3 Å². The molecule has 0 aliphatic heterocycles. The average Bonchev–Trinajstić information content (AvgIpc) is 3.27. The van der Waals surface area contributed by atoms with E-state index in [-0.39, 0.29) is 16.6 Å². The average molecular weight is 461 g/mol. The van der Waals surface area contributed by atoms with Crippen LogP contribution in [0.25, 0.3) is 0 Å². The second kappa shape index (κ2) is 10.3. The number of ether oxygens (including phenoxy) is 2. The Hall–Kier alpha value is -3.04. The Kier molecular flexibility index (Phi) is 7.54. The predicted octanol–water partition coefficient (Wildman–Crippen LogP) is 4.53. The lowest BCUT2D eigenvalue weighted by Crippen LogP contribution is -2.16. The second-order valence-corrected chi connectivity index (χ2v) is 9.36. The smallest absolute Gasteiger partial charge is 0.265 e. The number of methoxy groups -OCH3 is 2. The number of benzene rings is 2. The van der Waals surface area contributed by atoms with E-state index in [9.17, 15) is 13.2 Å². The van der Waals surface area contributed by atoms with Crippen molar-refractivity contribution in [2.45, 2.75) is 24.2 Å². The molecule has 0 aliphatic carbocycles. The SMILES string of the molecule is COc1ccc(NS(=O)(=O)c2cc(NC(=O)CCCc3cccs3)ccc2OC)cc1. The van der Waals surface area contributed by atoms with Crippen molar-refractivity contribution < 1.29 is 22.7 Å². The van der Waals surface area contributed by atoms with Crippen LogP contribution in [0.3, 0.4) is 0 Å². The monoisotopic (exact) mass is 460 g/mol. The van der Waals surface area contributed by atoms with E-state index in [4.69, 9.17) is 9.47 Å². The Balaban J connectivity index is 1.70. The lowest BCUT2D eigenvalue weighted by atomic mass is 10.2. The van der Waals surface area contributed by atoms with Crippen LogP contribution in [0.1, 0.15) is 17.7 Å². The normalized spacial score (nSPS) is 11.0. The number of nitrogens with one attached hydrogen (secondary N) is 2. The van der Waals surface area contributed by atoms with Crippen LogP contribution in [0.15, 0.2) is 64.9 Å². The van der Waals surface area contributed by atoms with Gasteiger partial charge in [-0.1, -0.05) is 6.07 Å². The molecule has 0 aliphatic rings. The molecule has 164 valence electrons. The van der Waals surface area contributed by atoms with Crippen LogP contribution >= 0.6 is 11.3 Å². The molecule has 1 heterocycles. The van der Waals surface area contributed by atoms with Crippen molar-refractivity contribution in [2.24, 2.45) is 0 Å². The molecule has 0 saturated heterocycles. The summed E-state index contributed by atoms with van der Waals surface area (Å²) in [6.45, 7) is 0. The van der Waals surface area contributed by atoms with Crippen molar-refractivity contribution in [3.8, 4) is 11.5 Å². The highest BCUT2D eigenvalue weighted by Gasteiger charge is 2.21. The molecule has 1 aromatic heterocycles. The predicted molar refractivity (Wildman–Crippen MR) is 123 cm³/mol. The molecule has 0 atom stereocenters. The molecule has 1 amide bonds. The summed E-state index contributed by atoms with van der Waals surface area (Å²) in [6.07, 6.45) is 1.89. The Bertz CT molecular complexity index is 1110. The van der Waals surface area contributed by atoms with Gasteiger partial charge in [-0.2, -0.15) is 0 Å². The van der Waals surface area contributed by atoms with Gasteiger partial charge in [0.2, 0.25) is 5.91 Å². The highest BCUT2D eigenvalue weighted by Crippen LogP contribution is 2.29. The minimum absolute atomic E-state index is 0.0674. The van der Waals surface area contributed by atoms with Crippen molar-refractivity contribution in [2.75, 3.05) is 24.3 Å². The van der Waals surface area contributed by atoms with Crippen LogP contribution in [0, 0.1) is 0 Å². The first-order valence-electron chi connectivity index (χ1n) is 9.58. The number of sulfonamides is 1. The van der Waals surface area contributed by atoms with Crippen LogP contribution in [-0.4, -0.2) is 28.5 Å². The molecule has 0 unspecified atom stereocenters. The van der Waals surface area contributed by atoms with Gasteiger partial charge in [-0.05, 0) is 66.8 Å². The number of carbonyl (C=O) groups is 1.